The molecule has 4 nitrogen and oxygen atoms in total. The zero-order valence-corrected chi connectivity index (χ0v) is 14.3. The number of halogens is 1. The Labute approximate surface area is 145 Å². The highest BCUT2D eigenvalue weighted by molar-refractivity contribution is 7.99. The molecule has 6 heteroatoms. The van der Waals surface area contributed by atoms with Crippen LogP contribution in [0.3, 0.4) is 0 Å². The molecule has 0 aliphatic carbocycles. The molecule has 3 N–H and O–H groups in total. The van der Waals surface area contributed by atoms with E-state index in [1.54, 1.807) is 36.4 Å². The van der Waals surface area contributed by atoms with Gasteiger partial charge in [0.1, 0.15) is 18.2 Å². The van der Waals surface area contributed by atoms with Gasteiger partial charge >= 0.3 is 0 Å². The molecule has 0 aliphatic rings. The lowest BCUT2D eigenvalue weighted by Gasteiger charge is -2.12. The Morgan fingerprint density at radius 2 is 1.88 bits per heavy atom. The zero-order chi connectivity index (χ0) is 17.4. The summed E-state index contributed by atoms with van der Waals surface area (Å²) >= 11 is 1.53. The van der Waals surface area contributed by atoms with Crippen LogP contribution in [0.4, 0.5) is 10.1 Å². The van der Waals surface area contributed by atoms with Crippen molar-refractivity contribution in [2.24, 2.45) is 11.7 Å². The lowest BCUT2D eigenvalue weighted by Crippen LogP contribution is -2.22. The second-order valence-corrected chi connectivity index (χ2v) is 6.41. The Hall–Kier alpha value is -2.05. The average Bonchev–Trinajstić information content (AvgIpc) is 2.60. The normalized spacial score (nSPS) is 11.8. The Kier molecular flexibility index (Phi) is 7.08. The van der Waals surface area contributed by atoms with Crippen LogP contribution >= 0.6 is 11.8 Å². The lowest BCUT2D eigenvalue weighted by atomic mass is 10.2. The van der Waals surface area contributed by atoms with Gasteiger partial charge in [-0.1, -0.05) is 6.92 Å². The number of nitrogens with two attached hydrogens (primary N) is 1. The number of amides is 1. The number of thioether (sulfide) groups is 1. The first kappa shape index (κ1) is 18.3. The number of carbonyl (C=O) groups excluding carboxylic acids is 1. The highest BCUT2D eigenvalue weighted by Gasteiger charge is 2.13. The molecule has 0 aromatic heterocycles. The molecule has 128 valence electrons. The fourth-order valence-electron chi connectivity index (χ4n) is 1.90. The van der Waals surface area contributed by atoms with Gasteiger partial charge in [0.2, 0.25) is 5.91 Å². The molecule has 0 aliphatic heterocycles. The highest BCUT2D eigenvalue weighted by Crippen LogP contribution is 2.22. The summed E-state index contributed by atoms with van der Waals surface area (Å²) < 4.78 is 18.3. The topological polar surface area (TPSA) is 64.3 Å². The molecule has 0 bridgehead atoms. The maximum Gasteiger partial charge on any atom is 0.228 e. The van der Waals surface area contributed by atoms with E-state index in [9.17, 15) is 9.18 Å². The predicted octanol–water partition coefficient (Wildman–Crippen LogP) is 3.53. The number of rotatable bonds is 8. The SMILES string of the molecule is CC(CSc1ccc(F)cc1)C(=O)Nc1ccc(OCCN)cc1. The van der Waals surface area contributed by atoms with Gasteiger partial charge in [0.15, 0.2) is 0 Å². The minimum absolute atomic E-state index is 0.0553. The Bertz CT molecular complexity index is 647. The first-order valence-corrected chi connectivity index (χ1v) is 8.69. The van der Waals surface area contributed by atoms with E-state index < -0.39 is 0 Å². The van der Waals surface area contributed by atoms with Crippen molar-refractivity contribution >= 4 is 23.4 Å². The largest absolute Gasteiger partial charge is 0.492 e. The summed E-state index contributed by atoms with van der Waals surface area (Å²) in [6, 6.07) is 13.4. The van der Waals surface area contributed by atoms with Crippen LogP contribution in [-0.2, 0) is 4.79 Å². The van der Waals surface area contributed by atoms with Crippen molar-refractivity contribution in [3.63, 3.8) is 0 Å². The minimum Gasteiger partial charge on any atom is -0.492 e. The summed E-state index contributed by atoms with van der Waals surface area (Å²) in [7, 11) is 0. The Balaban J connectivity index is 1.81. The van der Waals surface area contributed by atoms with Gasteiger partial charge < -0.3 is 15.8 Å². The molecule has 2 aromatic rings. The quantitative estimate of drug-likeness (QED) is 0.716. The smallest absolute Gasteiger partial charge is 0.228 e. The minimum atomic E-state index is -0.260. The number of hydrogen-bond acceptors (Lipinski definition) is 4. The van der Waals surface area contributed by atoms with E-state index in [0.29, 0.717) is 18.9 Å². The van der Waals surface area contributed by atoms with Crippen LogP contribution in [0.25, 0.3) is 0 Å². The first-order valence-electron chi connectivity index (χ1n) is 7.70. The van der Waals surface area contributed by atoms with Crippen LogP contribution in [-0.4, -0.2) is 24.8 Å². The van der Waals surface area contributed by atoms with E-state index in [2.05, 4.69) is 5.32 Å². The third kappa shape index (κ3) is 5.86. The predicted molar refractivity (Wildman–Crippen MR) is 95.9 cm³/mol. The van der Waals surface area contributed by atoms with E-state index in [1.165, 1.54) is 23.9 Å². The molecular formula is C18H21FN2O2S. The molecule has 1 unspecified atom stereocenters. The van der Waals surface area contributed by atoms with Gasteiger partial charge in [-0.05, 0) is 48.5 Å². The molecular weight excluding hydrogens is 327 g/mol. The molecule has 0 saturated carbocycles. The molecule has 0 spiro atoms. The van der Waals surface area contributed by atoms with E-state index in [0.717, 1.165) is 16.3 Å². The first-order chi connectivity index (χ1) is 11.6. The maximum atomic E-state index is 12.9. The number of ether oxygens (including phenoxy) is 1. The summed E-state index contributed by atoms with van der Waals surface area (Å²) in [5, 5.41) is 2.88. The third-order valence-electron chi connectivity index (χ3n) is 3.27. The third-order valence-corrected chi connectivity index (χ3v) is 4.54. The number of anilines is 1. The summed E-state index contributed by atoms with van der Waals surface area (Å²) in [6.45, 7) is 2.79. The van der Waals surface area contributed by atoms with Crippen LogP contribution in [0, 0.1) is 11.7 Å². The number of nitrogens with one attached hydrogen (secondary N) is 1. The van der Waals surface area contributed by atoms with Gasteiger partial charge in [-0.2, -0.15) is 0 Å². The average molecular weight is 348 g/mol. The van der Waals surface area contributed by atoms with Crippen molar-refractivity contribution in [3.8, 4) is 5.75 Å². The standard InChI is InChI=1S/C18H21FN2O2S/c1-13(12-24-17-8-2-14(19)3-9-17)18(22)21-15-4-6-16(7-5-15)23-11-10-20/h2-9,13H,10-12,20H2,1H3,(H,21,22). The van der Waals surface area contributed by atoms with Gasteiger partial charge in [0.05, 0.1) is 0 Å². The van der Waals surface area contributed by atoms with Gasteiger partial charge in [-0.15, -0.1) is 11.8 Å². The summed E-state index contributed by atoms with van der Waals surface area (Å²) in [5.41, 5.74) is 6.10. The van der Waals surface area contributed by atoms with Crippen LogP contribution < -0.4 is 15.8 Å². The molecule has 0 radical (unpaired) electrons. The van der Waals surface area contributed by atoms with E-state index >= 15 is 0 Å². The molecule has 24 heavy (non-hydrogen) atoms. The number of hydrogen-bond donors (Lipinski definition) is 2. The molecule has 0 fully saturated rings. The fraction of sp³-hybridized carbons (Fsp3) is 0.278. The highest BCUT2D eigenvalue weighted by atomic mass is 32.2. The van der Waals surface area contributed by atoms with E-state index in [1.807, 2.05) is 6.92 Å². The van der Waals surface area contributed by atoms with Crippen molar-refractivity contribution in [1.29, 1.82) is 0 Å². The summed E-state index contributed by atoms with van der Waals surface area (Å²) in [6.07, 6.45) is 0. The van der Waals surface area contributed by atoms with Crippen LogP contribution in [0.1, 0.15) is 6.92 Å². The number of carbonyl (C=O) groups is 1. The van der Waals surface area contributed by atoms with Gasteiger partial charge in [0.25, 0.3) is 0 Å². The monoisotopic (exact) mass is 348 g/mol. The molecule has 0 saturated heterocycles. The molecule has 0 heterocycles. The lowest BCUT2D eigenvalue weighted by molar-refractivity contribution is -0.118. The van der Waals surface area contributed by atoms with Crippen molar-refractivity contribution in [1.82, 2.24) is 0 Å². The zero-order valence-electron chi connectivity index (χ0n) is 13.5. The maximum absolute atomic E-state index is 12.9. The van der Waals surface area contributed by atoms with Crippen molar-refractivity contribution in [3.05, 3.63) is 54.3 Å². The molecule has 1 amide bonds. The van der Waals surface area contributed by atoms with Crippen molar-refractivity contribution in [2.45, 2.75) is 11.8 Å². The molecule has 2 aromatic carbocycles. The van der Waals surface area contributed by atoms with E-state index in [-0.39, 0.29) is 17.6 Å². The van der Waals surface area contributed by atoms with Gasteiger partial charge in [-0.25, -0.2) is 4.39 Å². The second kappa shape index (κ2) is 9.30. The van der Waals surface area contributed by atoms with E-state index in [4.69, 9.17) is 10.5 Å². The second-order valence-electron chi connectivity index (χ2n) is 5.32. The van der Waals surface area contributed by atoms with Gasteiger partial charge in [-0.3, -0.25) is 4.79 Å². The Morgan fingerprint density at radius 1 is 1.21 bits per heavy atom. The van der Waals surface area contributed by atoms with Gasteiger partial charge in [0, 0.05) is 28.8 Å². The van der Waals surface area contributed by atoms with Crippen LogP contribution in [0.5, 0.6) is 5.75 Å². The van der Waals surface area contributed by atoms with Crippen molar-refractivity contribution < 1.29 is 13.9 Å². The summed E-state index contributed by atoms with van der Waals surface area (Å²) in [5.74, 6) is 0.852. The molecule has 1 atom stereocenters. The van der Waals surface area contributed by atoms with Crippen LogP contribution in [0.15, 0.2) is 53.4 Å². The fourth-order valence-corrected chi connectivity index (χ4v) is 2.83. The summed E-state index contributed by atoms with van der Waals surface area (Å²) in [4.78, 5) is 13.2. The van der Waals surface area contributed by atoms with Crippen LogP contribution in [0.2, 0.25) is 0 Å². The van der Waals surface area contributed by atoms with Crippen molar-refractivity contribution in [2.75, 3.05) is 24.2 Å². The Morgan fingerprint density at radius 3 is 2.50 bits per heavy atom. The molecule has 2 rings (SSSR count). The number of benzene rings is 2.